The molecule has 1 fully saturated rings. The molecule has 0 bridgehead atoms. The third kappa shape index (κ3) is 4.37. The molecule has 0 amide bonds. The minimum Gasteiger partial charge on any atom is -0.481 e. The van der Waals surface area contributed by atoms with Gasteiger partial charge in [0.15, 0.2) is 0 Å². The Balaban J connectivity index is 1.98. The number of esters is 1. The maximum absolute atomic E-state index is 12.0. The molecule has 1 aromatic rings. The molecule has 0 heterocycles. The van der Waals surface area contributed by atoms with Crippen molar-refractivity contribution in [2.75, 3.05) is 0 Å². The van der Waals surface area contributed by atoms with Crippen LogP contribution in [0.25, 0.3) is 0 Å². The number of carbonyl (C=O) groups is 2. The van der Waals surface area contributed by atoms with Gasteiger partial charge >= 0.3 is 11.9 Å². The van der Waals surface area contributed by atoms with Crippen LogP contribution in [0.1, 0.15) is 70.8 Å². The normalized spacial score (nSPS) is 18.8. The number of carboxylic acid groups (broad SMARTS) is 1. The Kier molecular flexibility index (Phi) is 6.03. The third-order valence-electron chi connectivity index (χ3n) is 5.41. The van der Waals surface area contributed by atoms with Crippen LogP contribution in [-0.4, -0.2) is 17.0 Å². The van der Waals surface area contributed by atoms with Gasteiger partial charge in [-0.1, -0.05) is 38.8 Å². The summed E-state index contributed by atoms with van der Waals surface area (Å²) < 4.78 is 5.46. The highest BCUT2D eigenvalue weighted by Crippen LogP contribution is 2.35. The van der Waals surface area contributed by atoms with Crippen molar-refractivity contribution in [3.05, 3.63) is 29.8 Å². The number of benzene rings is 1. The molecule has 0 aromatic heterocycles. The molecule has 0 spiro atoms. The van der Waals surface area contributed by atoms with Crippen LogP contribution < -0.4 is 4.74 Å². The summed E-state index contributed by atoms with van der Waals surface area (Å²) in [6.07, 6.45) is 5.26. The van der Waals surface area contributed by atoms with E-state index in [9.17, 15) is 14.7 Å². The first-order valence-electron chi connectivity index (χ1n) is 8.91. The quantitative estimate of drug-likeness (QED) is 0.576. The average Bonchev–Trinajstić information content (AvgIpc) is 3.09. The maximum Gasteiger partial charge on any atom is 0.314 e. The molecule has 0 saturated heterocycles. The highest BCUT2D eigenvalue weighted by molar-refractivity contribution is 5.75. The van der Waals surface area contributed by atoms with E-state index in [0.29, 0.717) is 18.6 Å². The van der Waals surface area contributed by atoms with E-state index >= 15 is 0 Å². The molecular formula is C20H28O4. The second kappa shape index (κ2) is 7.82. The number of aliphatic carboxylic acids is 1. The molecular weight excluding hydrogens is 304 g/mol. The zero-order valence-electron chi connectivity index (χ0n) is 14.9. The van der Waals surface area contributed by atoms with Crippen LogP contribution in [0.2, 0.25) is 0 Å². The summed E-state index contributed by atoms with van der Waals surface area (Å²) in [5.74, 6) is -0.133. The van der Waals surface area contributed by atoms with E-state index in [1.54, 1.807) is 6.92 Å². The van der Waals surface area contributed by atoms with Gasteiger partial charge in [-0.3, -0.25) is 9.59 Å². The van der Waals surface area contributed by atoms with E-state index in [4.69, 9.17) is 4.74 Å². The van der Waals surface area contributed by atoms with Crippen LogP contribution in [0.3, 0.4) is 0 Å². The second-order valence-corrected chi connectivity index (χ2v) is 7.30. The number of carbonyl (C=O) groups excluding carboxylic acids is 1. The Morgan fingerprint density at radius 2 is 1.83 bits per heavy atom. The molecule has 0 aliphatic heterocycles. The van der Waals surface area contributed by atoms with E-state index < -0.39 is 11.4 Å². The lowest BCUT2D eigenvalue weighted by Crippen LogP contribution is -2.28. The van der Waals surface area contributed by atoms with Gasteiger partial charge in [-0.05, 0) is 56.2 Å². The molecule has 0 radical (unpaired) electrons. The fourth-order valence-electron chi connectivity index (χ4n) is 3.40. The summed E-state index contributed by atoms with van der Waals surface area (Å²) in [5, 5.41) is 9.42. The summed E-state index contributed by atoms with van der Waals surface area (Å²) in [5.41, 5.74) is 0.351. The minimum absolute atomic E-state index is 0.0458. The topological polar surface area (TPSA) is 63.6 Å². The van der Waals surface area contributed by atoms with E-state index in [-0.39, 0.29) is 17.8 Å². The molecule has 1 saturated carbocycles. The zero-order chi connectivity index (χ0) is 17.7. The number of ether oxygens (including phenoxy) is 1. The van der Waals surface area contributed by atoms with Crippen molar-refractivity contribution >= 4 is 11.9 Å². The highest BCUT2D eigenvalue weighted by atomic mass is 16.5. The van der Waals surface area contributed by atoms with Gasteiger partial charge in [-0.15, -0.1) is 0 Å². The molecule has 2 unspecified atom stereocenters. The number of hydrogen-bond acceptors (Lipinski definition) is 3. The largest absolute Gasteiger partial charge is 0.481 e. The molecule has 1 N–H and O–H groups in total. The minimum atomic E-state index is -0.751. The van der Waals surface area contributed by atoms with Gasteiger partial charge in [0, 0.05) is 0 Å². The van der Waals surface area contributed by atoms with E-state index in [1.165, 1.54) is 0 Å². The zero-order valence-corrected chi connectivity index (χ0v) is 14.9. The van der Waals surface area contributed by atoms with Crippen molar-refractivity contribution in [1.82, 2.24) is 0 Å². The molecule has 24 heavy (non-hydrogen) atoms. The van der Waals surface area contributed by atoms with Crippen LogP contribution in [0.15, 0.2) is 24.3 Å². The van der Waals surface area contributed by atoms with E-state index in [2.05, 4.69) is 0 Å². The smallest absolute Gasteiger partial charge is 0.314 e. The van der Waals surface area contributed by atoms with Crippen LogP contribution in [0.4, 0.5) is 0 Å². The van der Waals surface area contributed by atoms with E-state index in [1.807, 2.05) is 38.1 Å². The predicted octanol–water partition coefficient (Wildman–Crippen LogP) is 4.78. The fraction of sp³-hybridized carbons (Fsp3) is 0.600. The maximum atomic E-state index is 12.0. The van der Waals surface area contributed by atoms with Crippen LogP contribution >= 0.6 is 0 Å². The van der Waals surface area contributed by atoms with Crippen molar-refractivity contribution < 1.29 is 19.4 Å². The molecule has 2 atom stereocenters. The summed E-state index contributed by atoms with van der Waals surface area (Å²) >= 11 is 0. The average molecular weight is 332 g/mol. The van der Waals surface area contributed by atoms with Crippen molar-refractivity contribution in [2.45, 2.75) is 65.2 Å². The molecule has 132 valence electrons. The Bertz CT molecular complexity index is 572. The highest BCUT2D eigenvalue weighted by Gasteiger charge is 2.33. The Hall–Kier alpha value is -1.84. The van der Waals surface area contributed by atoms with Gasteiger partial charge in [0.2, 0.25) is 0 Å². The van der Waals surface area contributed by atoms with Gasteiger partial charge in [0.25, 0.3) is 0 Å². The van der Waals surface area contributed by atoms with Gasteiger partial charge in [-0.2, -0.15) is 0 Å². The van der Waals surface area contributed by atoms with Crippen LogP contribution in [0.5, 0.6) is 5.75 Å². The monoisotopic (exact) mass is 332 g/mol. The first-order valence-corrected chi connectivity index (χ1v) is 8.91. The van der Waals surface area contributed by atoms with Crippen molar-refractivity contribution in [2.24, 2.45) is 11.3 Å². The first-order chi connectivity index (χ1) is 11.4. The summed E-state index contributed by atoms with van der Waals surface area (Å²) in [6, 6.07) is 7.48. The summed E-state index contributed by atoms with van der Waals surface area (Å²) in [6.45, 7) is 5.74. The lowest BCUT2D eigenvalue weighted by atomic mass is 9.77. The predicted molar refractivity (Wildman–Crippen MR) is 93.1 cm³/mol. The van der Waals surface area contributed by atoms with Crippen molar-refractivity contribution in [1.29, 1.82) is 0 Å². The summed E-state index contributed by atoms with van der Waals surface area (Å²) in [7, 11) is 0. The number of carboxylic acids is 1. The van der Waals surface area contributed by atoms with Gasteiger partial charge in [0.1, 0.15) is 5.75 Å². The Morgan fingerprint density at radius 1 is 1.25 bits per heavy atom. The van der Waals surface area contributed by atoms with Crippen LogP contribution in [0, 0.1) is 11.3 Å². The Morgan fingerprint density at radius 3 is 2.33 bits per heavy atom. The molecule has 4 nitrogen and oxygen atoms in total. The second-order valence-electron chi connectivity index (χ2n) is 7.30. The Labute approximate surface area is 144 Å². The summed E-state index contributed by atoms with van der Waals surface area (Å²) in [4.78, 5) is 23.5. The van der Waals surface area contributed by atoms with Crippen molar-refractivity contribution in [3.63, 3.8) is 0 Å². The molecule has 2 rings (SSSR count). The molecule has 1 aromatic carbocycles. The molecule has 1 aliphatic rings. The SMILES string of the molecule is CCC(C)(CC(C)c1ccc(OC(=O)C2CCCC2)cc1)C(=O)O. The fourth-order valence-corrected chi connectivity index (χ4v) is 3.40. The standard InChI is InChI=1S/C20H28O4/c1-4-20(3,19(22)23)13-14(2)15-9-11-17(12-10-15)24-18(21)16-7-5-6-8-16/h9-12,14,16H,4-8,13H2,1-3H3,(H,22,23). The number of hydrogen-bond donors (Lipinski definition) is 1. The van der Waals surface area contributed by atoms with Crippen molar-refractivity contribution in [3.8, 4) is 5.75 Å². The van der Waals surface area contributed by atoms with Gasteiger partial charge in [0.05, 0.1) is 11.3 Å². The van der Waals surface area contributed by atoms with E-state index in [0.717, 1.165) is 31.2 Å². The van der Waals surface area contributed by atoms with Gasteiger partial charge < -0.3 is 9.84 Å². The molecule has 1 aliphatic carbocycles. The third-order valence-corrected chi connectivity index (χ3v) is 5.41. The number of rotatable bonds is 7. The lowest BCUT2D eigenvalue weighted by molar-refractivity contribution is -0.148. The lowest BCUT2D eigenvalue weighted by Gasteiger charge is -2.27. The first kappa shape index (κ1) is 18.5. The van der Waals surface area contributed by atoms with Crippen LogP contribution in [-0.2, 0) is 9.59 Å². The molecule has 4 heteroatoms. The van der Waals surface area contributed by atoms with Gasteiger partial charge in [-0.25, -0.2) is 0 Å².